The van der Waals surface area contributed by atoms with Crippen LogP contribution in [-0.4, -0.2) is 28.6 Å². The monoisotopic (exact) mass is 543 g/mol. The van der Waals surface area contributed by atoms with Crippen molar-refractivity contribution < 1.29 is 23.1 Å². The lowest BCUT2D eigenvalue weighted by molar-refractivity contribution is -0.143. The number of aromatic nitrogens is 2. The van der Waals surface area contributed by atoms with E-state index >= 15 is 0 Å². The molecule has 0 aliphatic heterocycles. The van der Waals surface area contributed by atoms with Crippen LogP contribution in [0, 0.1) is 11.7 Å². The number of halogens is 1. The van der Waals surface area contributed by atoms with Crippen molar-refractivity contribution in [3.8, 4) is 22.9 Å². The fraction of sp³-hybridized carbons (Fsp3) is 0.312. The maximum absolute atomic E-state index is 13.2. The number of ether oxygens (including phenoxy) is 1. The molecule has 1 unspecified atom stereocenters. The Bertz CT molecular complexity index is 1400. The number of Topliss-reactive ketones (excluding diaryl/α,β-unsaturated/α-hetero) is 1. The van der Waals surface area contributed by atoms with Gasteiger partial charge in [-0.05, 0) is 91.9 Å². The van der Waals surface area contributed by atoms with Crippen molar-refractivity contribution in [1.29, 1.82) is 0 Å². The first kappa shape index (κ1) is 28.7. The molecular weight excluding hydrogens is 509 g/mol. The van der Waals surface area contributed by atoms with Crippen LogP contribution in [0.3, 0.4) is 0 Å². The molecule has 0 bridgehead atoms. The van der Waals surface area contributed by atoms with Crippen LogP contribution in [0.5, 0.6) is 0 Å². The molecule has 4 aromatic rings. The Hall–Kier alpha value is -4.33. The number of carbonyl (C=O) groups is 2. The van der Waals surface area contributed by atoms with Gasteiger partial charge in [0, 0.05) is 35.2 Å². The van der Waals surface area contributed by atoms with Gasteiger partial charge in [-0.1, -0.05) is 26.0 Å². The topological polar surface area (TPSA) is 94.3 Å². The largest absolute Gasteiger partial charge is 0.466 e. The van der Waals surface area contributed by atoms with Crippen LogP contribution in [0.25, 0.3) is 22.9 Å². The minimum Gasteiger partial charge on any atom is -0.466 e. The first-order valence-corrected chi connectivity index (χ1v) is 13.6. The fourth-order valence-corrected chi connectivity index (χ4v) is 4.38. The highest BCUT2D eigenvalue weighted by Crippen LogP contribution is 2.29. The molecule has 7 nitrogen and oxygen atoms in total. The summed E-state index contributed by atoms with van der Waals surface area (Å²) >= 11 is 0. The van der Waals surface area contributed by atoms with Crippen molar-refractivity contribution in [3.63, 3.8) is 0 Å². The Kier molecular flexibility index (Phi) is 9.78. The number of nitrogens with one attached hydrogen (secondary N) is 1. The van der Waals surface area contributed by atoms with Gasteiger partial charge in [0.1, 0.15) is 5.82 Å². The van der Waals surface area contributed by atoms with E-state index in [1.807, 2.05) is 48.5 Å². The molecule has 208 valence electrons. The third-order valence-corrected chi connectivity index (χ3v) is 6.42. The molecule has 1 atom stereocenters. The summed E-state index contributed by atoms with van der Waals surface area (Å²) in [7, 11) is 0. The second kappa shape index (κ2) is 13.6. The van der Waals surface area contributed by atoms with Crippen molar-refractivity contribution in [2.24, 2.45) is 5.92 Å². The summed E-state index contributed by atoms with van der Waals surface area (Å²) in [5.74, 6) is 0.586. The molecule has 0 saturated heterocycles. The minimum absolute atomic E-state index is 0.00813. The molecule has 1 aromatic heterocycles. The molecule has 0 aliphatic carbocycles. The van der Waals surface area contributed by atoms with Gasteiger partial charge in [-0.3, -0.25) is 9.59 Å². The zero-order valence-corrected chi connectivity index (χ0v) is 23.0. The van der Waals surface area contributed by atoms with Crippen LogP contribution in [0.1, 0.15) is 68.4 Å². The second-order valence-electron chi connectivity index (χ2n) is 10.0. The Morgan fingerprint density at radius 2 is 1.48 bits per heavy atom. The summed E-state index contributed by atoms with van der Waals surface area (Å²) in [4.78, 5) is 24.0. The number of benzene rings is 3. The molecule has 0 fully saturated rings. The summed E-state index contributed by atoms with van der Waals surface area (Å²) < 4.78 is 24.0. The third kappa shape index (κ3) is 7.85. The quantitative estimate of drug-likeness (QED) is 0.137. The molecule has 0 amide bonds. The van der Waals surface area contributed by atoms with Crippen LogP contribution >= 0.6 is 0 Å². The molecule has 1 N–H and O–H groups in total. The summed E-state index contributed by atoms with van der Waals surface area (Å²) in [5, 5.41) is 11.9. The van der Waals surface area contributed by atoms with Crippen molar-refractivity contribution in [2.45, 2.75) is 52.5 Å². The van der Waals surface area contributed by atoms with Crippen LogP contribution in [0.4, 0.5) is 10.1 Å². The second-order valence-corrected chi connectivity index (χ2v) is 10.0. The fourth-order valence-electron chi connectivity index (χ4n) is 4.38. The van der Waals surface area contributed by atoms with E-state index in [9.17, 15) is 14.0 Å². The highest BCUT2D eigenvalue weighted by atomic mass is 19.1. The highest BCUT2D eigenvalue weighted by Gasteiger charge is 2.16. The SMILES string of the molecule is CCOC(=O)CCCC(=O)c1ccc(NC(CC(C)C)c2ccc(-c3nnc(-c4ccc(F)cc4)o3)cc2)cc1. The van der Waals surface area contributed by atoms with Gasteiger partial charge >= 0.3 is 5.97 Å². The molecule has 0 radical (unpaired) electrons. The van der Waals surface area contributed by atoms with Crippen LogP contribution < -0.4 is 5.32 Å². The maximum Gasteiger partial charge on any atom is 0.305 e. The van der Waals surface area contributed by atoms with Crippen molar-refractivity contribution in [2.75, 3.05) is 11.9 Å². The predicted octanol–water partition coefficient (Wildman–Crippen LogP) is 7.66. The Labute approximate surface area is 233 Å². The van der Waals surface area contributed by atoms with E-state index in [1.54, 1.807) is 19.1 Å². The number of hydrogen-bond donors (Lipinski definition) is 1. The first-order valence-electron chi connectivity index (χ1n) is 13.6. The zero-order valence-electron chi connectivity index (χ0n) is 23.0. The van der Waals surface area contributed by atoms with E-state index in [2.05, 4.69) is 29.4 Å². The van der Waals surface area contributed by atoms with E-state index in [0.717, 1.165) is 23.2 Å². The molecule has 1 heterocycles. The van der Waals surface area contributed by atoms with Crippen LogP contribution in [0.15, 0.2) is 77.2 Å². The number of rotatable bonds is 13. The van der Waals surface area contributed by atoms with Gasteiger partial charge in [-0.2, -0.15) is 0 Å². The van der Waals surface area contributed by atoms with Gasteiger partial charge in [-0.15, -0.1) is 10.2 Å². The van der Waals surface area contributed by atoms with E-state index in [-0.39, 0.29) is 30.0 Å². The average molecular weight is 544 g/mol. The van der Waals surface area contributed by atoms with Gasteiger partial charge in [-0.25, -0.2) is 4.39 Å². The molecule has 0 saturated carbocycles. The molecule has 8 heteroatoms. The third-order valence-electron chi connectivity index (χ3n) is 6.42. The van der Waals surface area contributed by atoms with Crippen molar-refractivity contribution in [3.05, 3.63) is 89.7 Å². The maximum atomic E-state index is 13.2. The van der Waals surface area contributed by atoms with Gasteiger partial charge in [0.05, 0.1) is 12.6 Å². The molecule has 40 heavy (non-hydrogen) atoms. The van der Waals surface area contributed by atoms with Crippen molar-refractivity contribution in [1.82, 2.24) is 10.2 Å². The predicted molar refractivity (Wildman–Crippen MR) is 152 cm³/mol. The lowest BCUT2D eigenvalue weighted by Gasteiger charge is -2.22. The Balaban J connectivity index is 1.40. The smallest absolute Gasteiger partial charge is 0.305 e. The zero-order chi connectivity index (χ0) is 28.5. The molecule has 4 rings (SSSR count). The van der Waals surface area contributed by atoms with Gasteiger partial charge in [0.2, 0.25) is 11.8 Å². The standard InChI is InChI=1S/C32H34FN3O4/c1-4-39-30(38)7-5-6-29(37)23-14-18-27(19-15-23)34-28(20-21(2)3)22-8-10-24(11-9-22)31-35-36-32(40-31)25-12-16-26(33)17-13-25/h8-19,21,28,34H,4-7,20H2,1-3H3. The summed E-state index contributed by atoms with van der Waals surface area (Å²) in [6.45, 7) is 6.47. The number of esters is 1. The lowest BCUT2D eigenvalue weighted by Crippen LogP contribution is -2.13. The van der Waals surface area contributed by atoms with Crippen LogP contribution in [-0.2, 0) is 9.53 Å². The number of hydrogen-bond acceptors (Lipinski definition) is 7. The average Bonchev–Trinajstić information content (AvgIpc) is 3.44. The van der Waals surface area contributed by atoms with E-state index in [1.165, 1.54) is 12.1 Å². The molecule has 0 spiro atoms. The highest BCUT2D eigenvalue weighted by molar-refractivity contribution is 5.96. The summed E-state index contributed by atoms with van der Waals surface area (Å²) in [5.41, 5.74) is 4.09. The molecule has 3 aromatic carbocycles. The molecular formula is C32H34FN3O4. The van der Waals surface area contributed by atoms with Gasteiger partial charge in [0.15, 0.2) is 5.78 Å². The minimum atomic E-state index is -0.323. The van der Waals surface area contributed by atoms with E-state index in [4.69, 9.17) is 9.15 Å². The first-order chi connectivity index (χ1) is 19.3. The van der Waals surface area contributed by atoms with E-state index < -0.39 is 0 Å². The molecule has 0 aliphatic rings. The number of anilines is 1. The number of carbonyl (C=O) groups excluding carboxylic acids is 2. The van der Waals surface area contributed by atoms with Gasteiger partial charge < -0.3 is 14.5 Å². The summed E-state index contributed by atoms with van der Waals surface area (Å²) in [6, 6.07) is 21.4. The summed E-state index contributed by atoms with van der Waals surface area (Å²) in [6.07, 6.45) is 1.93. The number of ketones is 1. The van der Waals surface area contributed by atoms with Crippen LogP contribution in [0.2, 0.25) is 0 Å². The van der Waals surface area contributed by atoms with E-state index in [0.29, 0.717) is 48.3 Å². The lowest BCUT2D eigenvalue weighted by atomic mass is 9.95. The van der Waals surface area contributed by atoms with Crippen molar-refractivity contribution >= 4 is 17.4 Å². The normalized spacial score (nSPS) is 11.8. The van der Waals surface area contributed by atoms with Gasteiger partial charge in [0.25, 0.3) is 0 Å². The Morgan fingerprint density at radius 1 is 0.875 bits per heavy atom. The Morgan fingerprint density at radius 3 is 2.05 bits per heavy atom. The number of nitrogens with zero attached hydrogens (tertiary/aromatic N) is 2.